The Morgan fingerprint density at radius 3 is 2.78 bits per heavy atom. The molecule has 0 spiro atoms. The lowest BCUT2D eigenvalue weighted by Crippen LogP contribution is -2.14. The van der Waals surface area contributed by atoms with Gasteiger partial charge in [0.15, 0.2) is 0 Å². The molecule has 3 N–H and O–H groups in total. The van der Waals surface area contributed by atoms with Crippen molar-refractivity contribution in [3.63, 3.8) is 0 Å². The number of nitrogens with one attached hydrogen (secondary N) is 1. The fourth-order valence-electron chi connectivity index (χ4n) is 1.36. The van der Waals surface area contributed by atoms with E-state index in [1.54, 1.807) is 12.1 Å². The maximum absolute atomic E-state index is 12.1. The van der Waals surface area contributed by atoms with Gasteiger partial charge >= 0.3 is 0 Å². The van der Waals surface area contributed by atoms with Gasteiger partial charge < -0.3 is 11.1 Å². The molecule has 0 aliphatic heterocycles. The minimum absolute atomic E-state index is 0.196. The Hall–Kier alpha value is -1.15. The number of nitrogens with two attached hydrogens (primary N) is 1. The number of carbonyl (C=O) groups is 1. The van der Waals surface area contributed by atoms with Gasteiger partial charge in [-0.05, 0) is 56.7 Å². The minimum atomic E-state index is -0.196. The van der Waals surface area contributed by atoms with E-state index < -0.39 is 0 Å². The predicted molar refractivity (Wildman–Crippen MR) is 83.5 cm³/mol. The largest absolute Gasteiger partial charge is 0.397 e. The molecule has 1 amide bonds. The summed E-state index contributed by atoms with van der Waals surface area (Å²) in [5.41, 5.74) is 6.74. The Bertz CT molecular complexity index is 604. The molecule has 0 radical (unpaired) electrons. The van der Waals surface area contributed by atoms with Crippen molar-refractivity contribution in [2.75, 3.05) is 11.1 Å². The van der Waals surface area contributed by atoms with Crippen LogP contribution in [0.3, 0.4) is 0 Å². The Morgan fingerprint density at radius 1 is 1.39 bits per heavy atom. The van der Waals surface area contributed by atoms with Crippen LogP contribution < -0.4 is 11.1 Å². The summed E-state index contributed by atoms with van der Waals surface area (Å²) in [6.07, 6.45) is 1.50. The molecule has 1 aromatic heterocycles. The van der Waals surface area contributed by atoms with Gasteiger partial charge in [-0.3, -0.25) is 4.79 Å². The van der Waals surface area contributed by atoms with Crippen LogP contribution >= 0.6 is 38.5 Å². The van der Waals surface area contributed by atoms with Crippen LogP contribution in [0.25, 0.3) is 0 Å². The molecule has 1 aromatic carbocycles. The van der Waals surface area contributed by atoms with E-state index in [9.17, 15) is 4.79 Å². The number of amides is 1. The van der Waals surface area contributed by atoms with Crippen molar-refractivity contribution in [1.29, 1.82) is 0 Å². The highest BCUT2D eigenvalue weighted by Gasteiger charge is 2.11. The Balaban J connectivity index is 2.24. The molecule has 2 aromatic rings. The van der Waals surface area contributed by atoms with E-state index in [4.69, 9.17) is 5.73 Å². The summed E-state index contributed by atoms with van der Waals surface area (Å²) in [5.74, 6) is 0.256. The molecule has 6 heteroatoms. The maximum Gasteiger partial charge on any atom is 0.257 e. The number of halogens is 2. The molecule has 0 unspecified atom stereocenters. The van der Waals surface area contributed by atoms with Crippen molar-refractivity contribution >= 4 is 55.9 Å². The van der Waals surface area contributed by atoms with Gasteiger partial charge in [-0.15, -0.1) is 0 Å². The second kappa shape index (κ2) is 5.66. The predicted octanol–water partition coefficient (Wildman–Crippen LogP) is 3.28. The topological polar surface area (TPSA) is 68.0 Å². The van der Waals surface area contributed by atoms with Crippen molar-refractivity contribution in [3.8, 4) is 0 Å². The van der Waals surface area contributed by atoms with Crippen molar-refractivity contribution in [1.82, 2.24) is 4.98 Å². The van der Waals surface area contributed by atoms with E-state index in [0.29, 0.717) is 21.5 Å². The van der Waals surface area contributed by atoms with Gasteiger partial charge in [-0.25, -0.2) is 4.98 Å². The molecule has 4 nitrogen and oxygen atoms in total. The summed E-state index contributed by atoms with van der Waals surface area (Å²) in [4.78, 5) is 16.1. The van der Waals surface area contributed by atoms with E-state index in [1.165, 1.54) is 6.20 Å². The van der Waals surface area contributed by atoms with Crippen molar-refractivity contribution < 1.29 is 4.79 Å². The third-order valence-corrected chi connectivity index (χ3v) is 3.76. The van der Waals surface area contributed by atoms with Crippen LogP contribution in [0.1, 0.15) is 10.4 Å². The van der Waals surface area contributed by atoms with Gasteiger partial charge in [0.25, 0.3) is 5.91 Å². The number of nitrogens with zero attached hydrogens (tertiary/aromatic N) is 1. The lowest BCUT2D eigenvalue weighted by molar-refractivity contribution is 0.102. The van der Waals surface area contributed by atoms with Gasteiger partial charge in [0, 0.05) is 3.57 Å². The number of anilines is 2. The molecule has 1 heterocycles. The zero-order chi connectivity index (χ0) is 13.1. The average molecular weight is 418 g/mol. The third kappa shape index (κ3) is 2.99. The van der Waals surface area contributed by atoms with Crippen LogP contribution in [-0.4, -0.2) is 10.9 Å². The number of benzene rings is 1. The standard InChI is InChI=1S/C12H9BrIN3O/c13-9-5-7(15)6-16-11(9)17-12(18)8-3-1-2-4-10(8)14/h1-6H,15H2,(H,16,17,18). The SMILES string of the molecule is Nc1cnc(NC(=O)c2ccccc2I)c(Br)c1. The first-order valence-corrected chi connectivity index (χ1v) is 6.92. The van der Waals surface area contributed by atoms with Crippen molar-refractivity contribution in [3.05, 3.63) is 50.1 Å². The molecule has 0 aliphatic carbocycles. The number of nitrogen functional groups attached to an aromatic ring is 1. The second-order valence-corrected chi connectivity index (χ2v) is 5.55. The number of pyridine rings is 1. The highest BCUT2D eigenvalue weighted by Crippen LogP contribution is 2.23. The number of carbonyl (C=O) groups excluding carboxylic acids is 1. The fraction of sp³-hybridized carbons (Fsp3) is 0. The lowest BCUT2D eigenvalue weighted by Gasteiger charge is -2.08. The van der Waals surface area contributed by atoms with Gasteiger partial charge in [0.1, 0.15) is 5.82 Å². The molecular formula is C12H9BrIN3O. The lowest BCUT2D eigenvalue weighted by atomic mass is 10.2. The first-order chi connectivity index (χ1) is 8.58. The van der Waals surface area contributed by atoms with Crippen LogP contribution in [0.2, 0.25) is 0 Å². The first kappa shape index (κ1) is 13.3. The summed E-state index contributed by atoms with van der Waals surface area (Å²) < 4.78 is 1.54. The van der Waals surface area contributed by atoms with E-state index in [-0.39, 0.29) is 5.91 Å². The zero-order valence-corrected chi connectivity index (χ0v) is 12.9. The molecular weight excluding hydrogens is 409 g/mol. The number of rotatable bonds is 2. The van der Waals surface area contributed by atoms with Crippen molar-refractivity contribution in [2.45, 2.75) is 0 Å². The molecule has 0 saturated carbocycles. The van der Waals surface area contributed by atoms with Crippen LogP contribution in [0.5, 0.6) is 0 Å². The smallest absolute Gasteiger partial charge is 0.257 e. The molecule has 0 atom stereocenters. The Labute approximate surface area is 126 Å². The van der Waals surface area contributed by atoms with E-state index in [2.05, 4.69) is 48.8 Å². The average Bonchev–Trinajstić information content (AvgIpc) is 2.33. The molecule has 0 bridgehead atoms. The second-order valence-electron chi connectivity index (χ2n) is 3.53. The van der Waals surface area contributed by atoms with E-state index in [0.717, 1.165) is 3.57 Å². The molecule has 18 heavy (non-hydrogen) atoms. The third-order valence-electron chi connectivity index (χ3n) is 2.21. The number of hydrogen-bond acceptors (Lipinski definition) is 3. The number of hydrogen-bond donors (Lipinski definition) is 2. The monoisotopic (exact) mass is 417 g/mol. The molecule has 92 valence electrons. The summed E-state index contributed by atoms with van der Waals surface area (Å²) in [6, 6.07) is 9.04. The highest BCUT2D eigenvalue weighted by atomic mass is 127. The van der Waals surface area contributed by atoms with Crippen LogP contribution in [0.4, 0.5) is 11.5 Å². The first-order valence-electron chi connectivity index (χ1n) is 5.05. The summed E-state index contributed by atoms with van der Waals surface area (Å²) in [7, 11) is 0. The zero-order valence-electron chi connectivity index (χ0n) is 9.15. The van der Waals surface area contributed by atoms with Crippen LogP contribution in [0, 0.1) is 3.57 Å². The summed E-state index contributed by atoms with van der Waals surface area (Å²) in [6.45, 7) is 0. The molecule has 0 aliphatic rings. The van der Waals surface area contributed by atoms with Crippen LogP contribution in [0.15, 0.2) is 41.0 Å². The summed E-state index contributed by atoms with van der Waals surface area (Å²) >= 11 is 5.43. The van der Waals surface area contributed by atoms with E-state index in [1.807, 2.05) is 18.2 Å². The van der Waals surface area contributed by atoms with E-state index >= 15 is 0 Å². The minimum Gasteiger partial charge on any atom is -0.397 e. The van der Waals surface area contributed by atoms with Gasteiger partial charge in [0.2, 0.25) is 0 Å². The molecule has 0 fully saturated rings. The Kier molecular flexibility index (Phi) is 4.18. The van der Waals surface area contributed by atoms with Crippen molar-refractivity contribution in [2.24, 2.45) is 0 Å². The highest BCUT2D eigenvalue weighted by molar-refractivity contribution is 14.1. The molecule has 0 saturated heterocycles. The van der Waals surface area contributed by atoms with Gasteiger partial charge in [-0.1, -0.05) is 12.1 Å². The fourth-order valence-corrected chi connectivity index (χ4v) is 2.46. The quantitative estimate of drug-likeness (QED) is 0.736. The van der Waals surface area contributed by atoms with Crippen LogP contribution in [-0.2, 0) is 0 Å². The Morgan fingerprint density at radius 2 is 2.11 bits per heavy atom. The maximum atomic E-state index is 12.1. The van der Waals surface area contributed by atoms with Gasteiger partial charge in [-0.2, -0.15) is 0 Å². The summed E-state index contributed by atoms with van der Waals surface area (Å²) in [5, 5.41) is 2.74. The number of aromatic nitrogens is 1. The normalized spacial score (nSPS) is 10.1. The van der Waals surface area contributed by atoms with Gasteiger partial charge in [0.05, 0.1) is 21.9 Å². The molecule has 2 rings (SSSR count).